The van der Waals surface area contributed by atoms with E-state index in [9.17, 15) is 0 Å². The molecule has 0 spiro atoms. The van der Waals surface area contributed by atoms with E-state index in [1.54, 1.807) is 4.54 Å². The van der Waals surface area contributed by atoms with E-state index in [0.717, 1.165) is 16.7 Å². The lowest BCUT2D eigenvalue weighted by Gasteiger charge is -2.42. The SMILES string of the molecule is Cc1cc(C)c(C(=O)P(=C([Si](C)(C)C)[Si](C)(C)C)(c2ccccc2)c2ccccc2)c(C)c1. The molecule has 4 heteroatoms. The van der Waals surface area contributed by atoms with Crippen molar-refractivity contribution < 1.29 is 4.79 Å². The summed E-state index contributed by atoms with van der Waals surface area (Å²) < 4.78 is 1.62. The standard InChI is InChI=1S/C29H39OPSi2/c1-22-20-23(2)27(24(3)21-22)28(30)31(25-16-12-10-13-17-25,26-18-14-11-15-19-26)29(32(4,5)6)33(7,8)9/h10-21H,1-9H3. The van der Waals surface area contributed by atoms with E-state index in [-0.39, 0.29) is 0 Å². The Labute approximate surface area is 203 Å². The van der Waals surface area contributed by atoms with Crippen molar-refractivity contribution in [3.63, 3.8) is 0 Å². The Morgan fingerprint density at radius 1 is 0.636 bits per heavy atom. The zero-order chi connectivity index (χ0) is 24.6. The van der Waals surface area contributed by atoms with Gasteiger partial charge in [-0.25, -0.2) is 0 Å². The number of rotatable bonds is 6. The van der Waals surface area contributed by atoms with Crippen LogP contribution in [0.3, 0.4) is 0 Å². The van der Waals surface area contributed by atoms with Crippen LogP contribution in [-0.2, 0) is 0 Å². The maximum atomic E-state index is 15.2. The highest BCUT2D eigenvalue weighted by Gasteiger charge is 2.45. The molecule has 174 valence electrons. The molecule has 0 radical (unpaired) electrons. The van der Waals surface area contributed by atoms with Gasteiger partial charge in [-0.1, -0.05) is 122 Å². The van der Waals surface area contributed by atoms with Crippen molar-refractivity contribution in [3.05, 3.63) is 95.1 Å². The predicted octanol–water partition coefficient (Wildman–Crippen LogP) is 7.35. The molecular formula is C29H39OPSi2. The first-order chi connectivity index (χ1) is 15.3. The Morgan fingerprint density at radius 3 is 1.33 bits per heavy atom. The smallest absolute Gasteiger partial charge is 0.191 e. The van der Waals surface area contributed by atoms with Crippen LogP contribution in [0.15, 0.2) is 72.8 Å². The van der Waals surface area contributed by atoms with Crippen LogP contribution < -0.4 is 10.6 Å². The monoisotopic (exact) mass is 490 g/mol. The lowest BCUT2D eigenvalue weighted by atomic mass is 10.0. The van der Waals surface area contributed by atoms with Gasteiger partial charge in [-0.05, 0) is 42.5 Å². The highest BCUT2D eigenvalue weighted by molar-refractivity contribution is 8.08. The molecule has 0 aliphatic carbocycles. The number of hydrogen-bond donors (Lipinski definition) is 0. The summed E-state index contributed by atoms with van der Waals surface area (Å²) in [7, 11) is -3.71. The molecule has 3 aromatic rings. The Kier molecular flexibility index (Phi) is 7.29. The molecule has 0 saturated heterocycles. The first kappa shape index (κ1) is 25.7. The van der Waals surface area contributed by atoms with Gasteiger partial charge in [0, 0.05) is 12.4 Å². The lowest BCUT2D eigenvalue weighted by Crippen LogP contribution is -2.53. The third kappa shape index (κ3) is 4.82. The Balaban J connectivity index is 2.70. The Morgan fingerprint density at radius 2 is 1.00 bits per heavy atom. The molecule has 0 bridgehead atoms. The summed E-state index contributed by atoms with van der Waals surface area (Å²) in [5.41, 5.74) is 4.67. The van der Waals surface area contributed by atoms with Crippen molar-refractivity contribution >= 4 is 43.7 Å². The molecule has 0 aromatic heterocycles. The third-order valence-corrected chi connectivity index (χ3v) is 23.3. The van der Waals surface area contributed by atoms with Gasteiger partial charge in [0.25, 0.3) is 0 Å². The Hall–Kier alpha value is -1.94. The van der Waals surface area contributed by atoms with Gasteiger partial charge >= 0.3 is 0 Å². The van der Waals surface area contributed by atoms with Gasteiger partial charge in [-0.3, -0.25) is 4.79 Å². The summed E-state index contributed by atoms with van der Waals surface area (Å²) in [6.07, 6.45) is 0. The van der Waals surface area contributed by atoms with Crippen molar-refractivity contribution in [1.82, 2.24) is 0 Å². The van der Waals surface area contributed by atoms with Crippen molar-refractivity contribution in [2.24, 2.45) is 0 Å². The van der Waals surface area contributed by atoms with Crippen molar-refractivity contribution in [2.75, 3.05) is 0 Å². The molecule has 0 unspecified atom stereocenters. The summed E-state index contributed by atoms with van der Waals surface area (Å²) in [6, 6.07) is 25.8. The quantitative estimate of drug-likeness (QED) is 0.261. The predicted molar refractivity (Wildman–Crippen MR) is 156 cm³/mol. The van der Waals surface area contributed by atoms with Crippen LogP contribution in [0.1, 0.15) is 27.0 Å². The topological polar surface area (TPSA) is 17.1 Å². The van der Waals surface area contributed by atoms with Crippen LogP contribution in [0.2, 0.25) is 39.3 Å². The van der Waals surface area contributed by atoms with Gasteiger partial charge in [0.05, 0.1) is 16.1 Å². The fourth-order valence-corrected chi connectivity index (χ4v) is 28.5. The van der Waals surface area contributed by atoms with E-state index >= 15 is 4.79 Å². The second-order valence-corrected chi connectivity index (χ2v) is 25.8. The fourth-order valence-electron chi connectivity index (χ4n) is 5.86. The maximum absolute atomic E-state index is 15.2. The highest BCUT2D eigenvalue weighted by Crippen LogP contribution is 2.54. The minimum absolute atomic E-state index is 0.342. The molecular weight excluding hydrogens is 451 g/mol. The van der Waals surface area contributed by atoms with E-state index in [1.165, 1.54) is 16.2 Å². The maximum Gasteiger partial charge on any atom is 0.191 e. The molecule has 3 rings (SSSR count). The summed E-state index contributed by atoms with van der Waals surface area (Å²) in [5, 5.41) is 2.42. The molecule has 0 amide bonds. The van der Waals surface area contributed by atoms with Crippen molar-refractivity contribution in [3.8, 4) is 0 Å². The second-order valence-electron chi connectivity index (χ2n) is 11.3. The molecule has 0 atom stereocenters. The van der Waals surface area contributed by atoms with Crippen LogP contribution in [0.4, 0.5) is 0 Å². The summed E-state index contributed by atoms with van der Waals surface area (Å²) in [6.45, 7) is 18.5. The zero-order valence-corrected chi connectivity index (χ0v) is 24.7. The highest BCUT2D eigenvalue weighted by atomic mass is 31.2. The van der Waals surface area contributed by atoms with Crippen LogP contribution in [-0.4, -0.2) is 26.2 Å². The first-order valence-electron chi connectivity index (χ1n) is 11.8. The molecule has 0 saturated carbocycles. The van der Waals surface area contributed by atoms with Gasteiger partial charge in [-0.2, -0.15) is 0 Å². The molecule has 3 aromatic carbocycles. The number of benzene rings is 3. The van der Waals surface area contributed by atoms with Gasteiger partial charge in [-0.15, -0.1) is 0 Å². The zero-order valence-electron chi connectivity index (χ0n) is 21.8. The molecule has 0 aliphatic heterocycles. The number of carbonyl (C=O) groups excluding carboxylic acids is 1. The average Bonchev–Trinajstić information content (AvgIpc) is 2.70. The van der Waals surface area contributed by atoms with Crippen molar-refractivity contribution in [2.45, 2.75) is 60.1 Å². The van der Waals surface area contributed by atoms with E-state index in [1.807, 2.05) is 0 Å². The number of aryl methyl sites for hydroxylation is 3. The molecule has 1 nitrogen and oxygen atoms in total. The molecule has 0 fully saturated rings. The number of carbonyl (C=O) groups is 1. The molecule has 33 heavy (non-hydrogen) atoms. The van der Waals surface area contributed by atoms with Crippen LogP contribution >= 0.6 is 6.89 Å². The van der Waals surface area contributed by atoms with E-state index in [2.05, 4.69) is 133 Å². The van der Waals surface area contributed by atoms with E-state index in [4.69, 9.17) is 0 Å². The fraction of sp³-hybridized carbons (Fsp3) is 0.310. The summed E-state index contributed by atoms with van der Waals surface area (Å²) >= 11 is 0. The average molecular weight is 491 g/mol. The second kappa shape index (κ2) is 9.37. The van der Waals surface area contributed by atoms with Gasteiger partial charge in [0.1, 0.15) is 0 Å². The Bertz CT molecular complexity index is 1130. The van der Waals surface area contributed by atoms with Crippen LogP contribution in [0, 0.1) is 20.8 Å². The van der Waals surface area contributed by atoms with Crippen LogP contribution in [0.25, 0.3) is 0 Å². The minimum Gasteiger partial charge on any atom is -0.288 e. The van der Waals surface area contributed by atoms with E-state index < -0.39 is 23.0 Å². The lowest BCUT2D eigenvalue weighted by molar-refractivity contribution is 0.108. The largest absolute Gasteiger partial charge is 0.288 e. The molecule has 0 N–H and O–H groups in total. The number of hydrogen-bond acceptors (Lipinski definition) is 1. The van der Waals surface area contributed by atoms with Gasteiger partial charge in [0.2, 0.25) is 0 Å². The summed E-state index contributed by atoms with van der Waals surface area (Å²) in [4.78, 5) is 15.2. The van der Waals surface area contributed by atoms with Crippen molar-refractivity contribution in [1.29, 1.82) is 0 Å². The van der Waals surface area contributed by atoms with Gasteiger partial charge < -0.3 is 0 Å². The third-order valence-electron chi connectivity index (χ3n) is 6.24. The molecule has 0 heterocycles. The molecule has 0 aliphatic rings. The first-order valence-corrected chi connectivity index (χ1v) is 20.6. The minimum atomic E-state index is -2.53. The normalized spacial score (nSPS) is 12.5. The van der Waals surface area contributed by atoms with Crippen LogP contribution in [0.5, 0.6) is 0 Å². The van der Waals surface area contributed by atoms with Gasteiger partial charge in [0.15, 0.2) is 5.52 Å². The van der Waals surface area contributed by atoms with E-state index in [0.29, 0.717) is 5.52 Å². The summed E-state index contributed by atoms with van der Waals surface area (Å²) in [5.74, 6) is 0.